The number of nitrogens with zero attached hydrogens (tertiary/aromatic N) is 1. The van der Waals surface area contributed by atoms with Crippen molar-refractivity contribution in [2.24, 2.45) is 5.92 Å². The molecule has 1 aromatic rings. The van der Waals surface area contributed by atoms with Crippen molar-refractivity contribution >= 4 is 24.0 Å². The summed E-state index contributed by atoms with van der Waals surface area (Å²) in [5.41, 5.74) is 7.39. The van der Waals surface area contributed by atoms with Crippen molar-refractivity contribution in [1.29, 1.82) is 0 Å². The molecule has 0 fully saturated rings. The summed E-state index contributed by atoms with van der Waals surface area (Å²) < 4.78 is 0. The summed E-state index contributed by atoms with van der Waals surface area (Å²) in [6.45, 7) is 7.99. The van der Waals surface area contributed by atoms with Crippen LogP contribution in [0.15, 0.2) is 24.3 Å². The van der Waals surface area contributed by atoms with Gasteiger partial charge in [0.1, 0.15) is 0 Å². The summed E-state index contributed by atoms with van der Waals surface area (Å²) in [5, 5.41) is 0. The van der Waals surface area contributed by atoms with Crippen LogP contribution in [0.1, 0.15) is 32.8 Å². The van der Waals surface area contributed by atoms with E-state index in [0.717, 1.165) is 30.8 Å². The fourth-order valence-corrected chi connectivity index (χ4v) is 1.83. The minimum absolute atomic E-state index is 0. The van der Waals surface area contributed by atoms with E-state index in [0.29, 0.717) is 12.3 Å². The van der Waals surface area contributed by atoms with Crippen LogP contribution in [-0.4, -0.2) is 23.9 Å². The van der Waals surface area contributed by atoms with Gasteiger partial charge in [0.2, 0.25) is 5.91 Å². The lowest BCUT2D eigenvalue weighted by molar-refractivity contribution is -0.130. The van der Waals surface area contributed by atoms with Gasteiger partial charge >= 0.3 is 0 Å². The zero-order valence-electron chi connectivity index (χ0n) is 12.1. The number of hydrogen-bond acceptors (Lipinski definition) is 2. The Kier molecular flexibility index (Phi) is 8.24. The summed E-state index contributed by atoms with van der Waals surface area (Å²) in [6, 6.07) is 7.52. The maximum Gasteiger partial charge on any atom is 0.226 e. The van der Waals surface area contributed by atoms with Crippen LogP contribution in [0.5, 0.6) is 0 Å². The summed E-state index contributed by atoms with van der Waals surface area (Å²) >= 11 is 0. The van der Waals surface area contributed by atoms with E-state index in [1.54, 1.807) is 0 Å². The Balaban J connectivity index is 0.00000324. The fraction of sp³-hybridized carbons (Fsp3) is 0.533. The van der Waals surface area contributed by atoms with Crippen LogP contribution in [0.25, 0.3) is 0 Å². The number of nitrogen functional groups attached to an aromatic ring is 1. The van der Waals surface area contributed by atoms with E-state index in [4.69, 9.17) is 5.73 Å². The first kappa shape index (κ1) is 17.8. The van der Waals surface area contributed by atoms with Crippen molar-refractivity contribution < 1.29 is 4.79 Å². The molecule has 3 nitrogen and oxygen atoms in total. The van der Waals surface area contributed by atoms with Crippen LogP contribution >= 0.6 is 12.4 Å². The molecule has 4 heteroatoms. The second-order valence-electron chi connectivity index (χ2n) is 4.86. The van der Waals surface area contributed by atoms with E-state index in [2.05, 4.69) is 13.8 Å². The Bertz CT molecular complexity index is 378. The molecule has 19 heavy (non-hydrogen) atoms. The van der Waals surface area contributed by atoms with Crippen molar-refractivity contribution in [3.8, 4) is 0 Å². The van der Waals surface area contributed by atoms with Crippen molar-refractivity contribution in [2.45, 2.75) is 33.6 Å². The predicted octanol–water partition coefficient (Wildman–Crippen LogP) is 3.13. The van der Waals surface area contributed by atoms with Gasteiger partial charge in [0.15, 0.2) is 0 Å². The number of carbonyl (C=O) groups is 1. The van der Waals surface area contributed by atoms with Gasteiger partial charge in [-0.15, -0.1) is 12.4 Å². The minimum Gasteiger partial charge on any atom is -0.399 e. The smallest absolute Gasteiger partial charge is 0.226 e. The average Bonchev–Trinajstić information content (AvgIpc) is 2.38. The number of benzene rings is 1. The molecule has 0 aliphatic rings. The molecule has 1 atom stereocenters. The third kappa shape index (κ3) is 5.97. The van der Waals surface area contributed by atoms with Gasteiger partial charge in [-0.1, -0.05) is 32.4 Å². The number of carbonyl (C=O) groups excluding carboxylic acids is 1. The van der Waals surface area contributed by atoms with Crippen LogP contribution in [-0.2, 0) is 11.2 Å². The highest BCUT2D eigenvalue weighted by Gasteiger charge is 2.14. The third-order valence-electron chi connectivity index (χ3n) is 3.30. The number of likely N-dealkylation sites (N-methyl/N-ethyl adjacent to an activating group) is 1. The predicted molar refractivity (Wildman–Crippen MR) is 83.5 cm³/mol. The molecule has 1 rings (SSSR count). The summed E-state index contributed by atoms with van der Waals surface area (Å²) in [7, 11) is 0. The summed E-state index contributed by atoms with van der Waals surface area (Å²) in [4.78, 5) is 14.1. The topological polar surface area (TPSA) is 46.3 Å². The Labute approximate surface area is 122 Å². The van der Waals surface area contributed by atoms with Crippen LogP contribution < -0.4 is 5.73 Å². The number of amides is 1. The molecule has 0 heterocycles. The first-order valence-electron chi connectivity index (χ1n) is 6.69. The van der Waals surface area contributed by atoms with E-state index in [9.17, 15) is 4.79 Å². The Morgan fingerprint density at radius 1 is 1.26 bits per heavy atom. The quantitative estimate of drug-likeness (QED) is 0.816. The lowest BCUT2D eigenvalue weighted by Crippen LogP contribution is -2.35. The van der Waals surface area contributed by atoms with Gasteiger partial charge in [-0.05, 0) is 30.5 Å². The highest BCUT2D eigenvalue weighted by molar-refractivity contribution is 5.85. The molecule has 0 aliphatic carbocycles. The molecule has 0 aromatic heterocycles. The number of anilines is 1. The van der Waals surface area contributed by atoms with Crippen LogP contribution in [0, 0.1) is 5.92 Å². The summed E-state index contributed by atoms with van der Waals surface area (Å²) in [6.07, 6.45) is 1.57. The number of nitrogens with two attached hydrogens (primary N) is 1. The second-order valence-corrected chi connectivity index (χ2v) is 4.86. The molecule has 0 saturated carbocycles. The van der Waals surface area contributed by atoms with E-state index >= 15 is 0 Å². The maximum atomic E-state index is 12.2. The van der Waals surface area contributed by atoms with E-state index in [-0.39, 0.29) is 18.3 Å². The van der Waals surface area contributed by atoms with Crippen LogP contribution in [0.3, 0.4) is 0 Å². The lowest BCUT2D eigenvalue weighted by atomic mass is 10.1. The molecule has 1 amide bonds. The van der Waals surface area contributed by atoms with Crippen molar-refractivity contribution in [3.63, 3.8) is 0 Å². The SMILES string of the molecule is CCC(C)CN(CC)C(=O)Cc1ccc(N)cc1.Cl. The number of hydrogen-bond donors (Lipinski definition) is 1. The summed E-state index contributed by atoms with van der Waals surface area (Å²) in [5.74, 6) is 0.753. The second kappa shape index (κ2) is 8.81. The molecule has 1 aromatic carbocycles. The molecule has 2 N–H and O–H groups in total. The molecule has 0 saturated heterocycles. The molecule has 0 bridgehead atoms. The Hall–Kier alpha value is -1.22. The molecule has 0 spiro atoms. The standard InChI is InChI=1S/C15H24N2O.ClH/c1-4-12(3)11-17(5-2)15(18)10-13-6-8-14(16)9-7-13;/h6-9,12H,4-5,10-11,16H2,1-3H3;1H. The van der Waals surface area contributed by atoms with Crippen molar-refractivity contribution in [1.82, 2.24) is 4.90 Å². The van der Waals surface area contributed by atoms with Crippen LogP contribution in [0.4, 0.5) is 5.69 Å². The first-order chi connectivity index (χ1) is 8.56. The molecule has 0 radical (unpaired) electrons. The molecular weight excluding hydrogens is 260 g/mol. The zero-order chi connectivity index (χ0) is 13.5. The minimum atomic E-state index is 0. The van der Waals surface area contributed by atoms with Crippen molar-refractivity contribution in [2.75, 3.05) is 18.8 Å². The number of halogens is 1. The van der Waals surface area contributed by atoms with Crippen LogP contribution in [0.2, 0.25) is 0 Å². The monoisotopic (exact) mass is 284 g/mol. The fourth-order valence-electron chi connectivity index (χ4n) is 1.83. The van der Waals surface area contributed by atoms with E-state index in [1.165, 1.54) is 0 Å². The van der Waals surface area contributed by atoms with Gasteiger partial charge in [-0.2, -0.15) is 0 Å². The molecular formula is C15H25ClN2O. The molecule has 108 valence electrons. The number of rotatable bonds is 6. The van der Waals surface area contributed by atoms with Gasteiger partial charge in [-0.25, -0.2) is 0 Å². The average molecular weight is 285 g/mol. The third-order valence-corrected chi connectivity index (χ3v) is 3.30. The van der Waals surface area contributed by atoms with Gasteiger partial charge in [0, 0.05) is 18.8 Å². The van der Waals surface area contributed by atoms with Gasteiger partial charge in [0.05, 0.1) is 6.42 Å². The highest BCUT2D eigenvalue weighted by atomic mass is 35.5. The van der Waals surface area contributed by atoms with Gasteiger partial charge in [-0.3, -0.25) is 4.79 Å². The van der Waals surface area contributed by atoms with E-state index in [1.807, 2.05) is 36.1 Å². The normalized spacial score (nSPS) is 11.5. The maximum absolute atomic E-state index is 12.2. The van der Waals surface area contributed by atoms with Crippen molar-refractivity contribution in [3.05, 3.63) is 29.8 Å². The first-order valence-corrected chi connectivity index (χ1v) is 6.69. The largest absolute Gasteiger partial charge is 0.399 e. The highest BCUT2D eigenvalue weighted by Crippen LogP contribution is 2.10. The Morgan fingerprint density at radius 3 is 2.32 bits per heavy atom. The molecule has 0 aliphatic heterocycles. The van der Waals surface area contributed by atoms with Gasteiger partial charge in [0.25, 0.3) is 0 Å². The van der Waals surface area contributed by atoms with E-state index < -0.39 is 0 Å². The zero-order valence-corrected chi connectivity index (χ0v) is 12.9. The Morgan fingerprint density at radius 2 is 1.84 bits per heavy atom. The molecule has 1 unspecified atom stereocenters. The lowest BCUT2D eigenvalue weighted by Gasteiger charge is -2.24. The van der Waals surface area contributed by atoms with Gasteiger partial charge < -0.3 is 10.6 Å².